The fraction of sp³-hybridized carbons (Fsp3) is 0.200. The van der Waals surface area contributed by atoms with Gasteiger partial charge in [-0.25, -0.2) is 0 Å². The van der Waals surface area contributed by atoms with Crippen LogP contribution in [0.3, 0.4) is 0 Å². The lowest BCUT2D eigenvalue weighted by atomic mass is 10.2. The number of nitrogens with zero attached hydrogens (tertiary/aromatic N) is 4. The maximum Gasteiger partial charge on any atom is 0.323 e. The highest BCUT2D eigenvalue weighted by Crippen LogP contribution is 2.39. The number of pyridine rings is 1. The van der Waals surface area contributed by atoms with Crippen molar-refractivity contribution in [3.63, 3.8) is 0 Å². The number of aromatic nitrogens is 1. The van der Waals surface area contributed by atoms with E-state index in [0.29, 0.717) is 6.54 Å². The molecule has 0 radical (unpaired) electrons. The first-order valence-electron chi connectivity index (χ1n) is 11.3. The predicted molar refractivity (Wildman–Crippen MR) is 135 cm³/mol. The minimum absolute atomic E-state index is 0.159. The van der Waals surface area contributed by atoms with Gasteiger partial charge in [0.15, 0.2) is 11.5 Å². The topological polar surface area (TPSA) is 158 Å². The molecule has 4 rings (SSSR count). The van der Waals surface area contributed by atoms with Gasteiger partial charge in [0.05, 0.1) is 6.54 Å². The van der Waals surface area contributed by atoms with Crippen molar-refractivity contribution in [1.82, 2.24) is 9.88 Å². The number of halogens is 2. The zero-order chi connectivity index (χ0) is 27.6. The summed E-state index contributed by atoms with van der Waals surface area (Å²) in [6.07, 6.45) is 0. The second-order valence-corrected chi connectivity index (χ2v) is 8.40. The smallest absolute Gasteiger partial charge is 0.323 e. The average molecular weight is 527 g/mol. The third kappa shape index (κ3) is 5.40. The van der Waals surface area contributed by atoms with Crippen LogP contribution in [0.15, 0.2) is 47.5 Å². The van der Waals surface area contributed by atoms with Gasteiger partial charge in [0.25, 0.3) is 11.8 Å². The average Bonchev–Trinajstić information content (AvgIpc) is 3.29. The Morgan fingerprint density at radius 3 is 2.39 bits per heavy atom. The van der Waals surface area contributed by atoms with Gasteiger partial charge in [0, 0.05) is 31.8 Å². The Labute approximate surface area is 215 Å². The number of aliphatic carboxylic acids is 1. The van der Waals surface area contributed by atoms with Gasteiger partial charge < -0.3 is 35.2 Å². The number of likely N-dealkylation sites (N-methyl/N-ethyl adjacent to an activating group) is 2. The highest BCUT2D eigenvalue weighted by Gasteiger charge is 2.28. The van der Waals surface area contributed by atoms with E-state index >= 15 is 8.78 Å². The predicted octanol–water partition coefficient (Wildman–Crippen LogP) is 3.15. The van der Waals surface area contributed by atoms with E-state index in [1.54, 1.807) is 24.3 Å². The molecule has 1 aliphatic rings. The molecule has 0 aliphatic carbocycles. The number of ether oxygens (including phenoxy) is 2. The number of nitrogens with one attached hydrogen (secondary N) is 1. The summed E-state index contributed by atoms with van der Waals surface area (Å²) >= 11 is 0. The molecule has 0 fully saturated rings. The van der Waals surface area contributed by atoms with Crippen molar-refractivity contribution in [2.45, 2.75) is 0 Å². The number of amidine groups is 2. The third-order valence-corrected chi connectivity index (χ3v) is 5.61. The molecular formula is C25H24F2N6O5. The van der Waals surface area contributed by atoms with Gasteiger partial charge in [0.2, 0.25) is 11.6 Å². The van der Waals surface area contributed by atoms with Gasteiger partial charge in [-0.1, -0.05) is 0 Å². The summed E-state index contributed by atoms with van der Waals surface area (Å²) in [5, 5.41) is 26.9. The number of nitrogen functional groups attached to an aromatic ring is 1. The summed E-state index contributed by atoms with van der Waals surface area (Å²) in [6, 6.07) is 10.2. The molecule has 2 heterocycles. The standard InChI is InChI=1S/C25H24F2N6O5/c1-32-10-9-30-23(32)13-3-6-15(7-4-13)37-24-19(26)21(33(2)12-18(35)36)20(27)25(31-24)38-17-11-14(22(28)29)5-8-16(17)34/h3-8,11,34H,9-10,12H2,1-2H3,(H3,28,29)(H,35,36). The zero-order valence-electron chi connectivity index (χ0n) is 20.4. The molecule has 0 amide bonds. The van der Waals surface area contributed by atoms with E-state index in [4.69, 9.17) is 25.7 Å². The normalized spacial score (nSPS) is 12.7. The van der Waals surface area contributed by atoms with E-state index < -0.39 is 47.3 Å². The minimum Gasteiger partial charge on any atom is -0.504 e. The third-order valence-electron chi connectivity index (χ3n) is 5.61. The van der Waals surface area contributed by atoms with Crippen LogP contribution in [0, 0.1) is 17.0 Å². The summed E-state index contributed by atoms with van der Waals surface area (Å²) in [4.78, 5) is 22.3. The summed E-state index contributed by atoms with van der Waals surface area (Å²) in [7, 11) is 3.08. The first-order valence-corrected chi connectivity index (χ1v) is 11.3. The molecule has 1 aromatic heterocycles. The summed E-state index contributed by atoms with van der Waals surface area (Å²) < 4.78 is 41.9. The second-order valence-electron chi connectivity index (χ2n) is 8.40. The van der Waals surface area contributed by atoms with Crippen molar-refractivity contribution in [2.75, 3.05) is 38.6 Å². The second kappa shape index (κ2) is 10.6. The Balaban J connectivity index is 1.74. The van der Waals surface area contributed by atoms with Crippen LogP contribution in [-0.2, 0) is 4.79 Å². The van der Waals surface area contributed by atoms with Crippen molar-refractivity contribution >= 4 is 23.3 Å². The maximum atomic E-state index is 15.4. The molecule has 38 heavy (non-hydrogen) atoms. The van der Waals surface area contributed by atoms with Gasteiger partial charge in [-0.15, -0.1) is 0 Å². The van der Waals surface area contributed by atoms with E-state index in [1.807, 2.05) is 11.9 Å². The molecular weight excluding hydrogens is 502 g/mol. The molecule has 0 saturated heterocycles. The first-order chi connectivity index (χ1) is 18.0. The molecule has 0 saturated carbocycles. The Bertz CT molecular complexity index is 1430. The fourth-order valence-corrected chi connectivity index (χ4v) is 3.74. The van der Waals surface area contributed by atoms with Crippen molar-refractivity contribution in [3.8, 4) is 29.0 Å². The van der Waals surface area contributed by atoms with E-state index in [0.717, 1.165) is 22.8 Å². The monoisotopic (exact) mass is 526 g/mol. The van der Waals surface area contributed by atoms with E-state index in [2.05, 4.69) is 9.98 Å². The van der Waals surface area contributed by atoms with Crippen LogP contribution in [0.1, 0.15) is 11.1 Å². The van der Waals surface area contributed by atoms with Crippen molar-refractivity contribution < 1.29 is 33.3 Å². The van der Waals surface area contributed by atoms with Crippen LogP contribution in [-0.4, -0.2) is 71.5 Å². The minimum atomic E-state index is -1.34. The lowest BCUT2D eigenvalue weighted by molar-refractivity contribution is -0.135. The Hall–Kier alpha value is -4.94. The molecule has 3 aromatic rings. The summed E-state index contributed by atoms with van der Waals surface area (Å²) in [6.45, 7) is 0.722. The van der Waals surface area contributed by atoms with E-state index in [9.17, 15) is 9.90 Å². The number of nitrogens with two attached hydrogens (primary N) is 1. The molecule has 198 valence electrons. The Morgan fingerprint density at radius 1 is 1.16 bits per heavy atom. The first kappa shape index (κ1) is 26.1. The van der Waals surface area contributed by atoms with Crippen LogP contribution in [0.4, 0.5) is 14.5 Å². The van der Waals surface area contributed by atoms with Gasteiger partial charge in [-0.3, -0.25) is 15.2 Å². The van der Waals surface area contributed by atoms with Crippen LogP contribution >= 0.6 is 0 Å². The number of benzene rings is 2. The summed E-state index contributed by atoms with van der Waals surface area (Å²) in [5.74, 6) is -5.56. The highest BCUT2D eigenvalue weighted by atomic mass is 19.1. The van der Waals surface area contributed by atoms with Gasteiger partial charge in [0.1, 0.15) is 29.7 Å². The van der Waals surface area contributed by atoms with Crippen LogP contribution < -0.4 is 20.1 Å². The van der Waals surface area contributed by atoms with E-state index in [1.165, 1.54) is 25.2 Å². The number of phenolic OH excluding ortho intramolecular Hbond substituents is 1. The van der Waals surface area contributed by atoms with Crippen LogP contribution in [0.2, 0.25) is 0 Å². The molecule has 0 atom stereocenters. The van der Waals surface area contributed by atoms with Crippen molar-refractivity contribution in [2.24, 2.45) is 10.7 Å². The number of carboxylic acids is 1. The molecule has 1 aliphatic heterocycles. The number of rotatable bonds is 9. The fourth-order valence-electron chi connectivity index (χ4n) is 3.74. The van der Waals surface area contributed by atoms with Gasteiger partial charge in [-0.05, 0) is 42.5 Å². The highest BCUT2D eigenvalue weighted by molar-refractivity contribution is 5.99. The quantitative estimate of drug-likeness (QED) is 0.243. The molecule has 0 bridgehead atoms. The number of carboxylic acid groups (broad SMARTS) is 1. The SMILES string of the molecule is CN1CCN=C1c1ccc(Oc2nc(Oc3cc(C(=N)N)ccc3O)c(F)c(N(C)CC(=O)O)c2F)cc1. The number of hydrogen-bond acceptors (Lipinski definition) is 9. The molecule has 2 aromatic carbocycles. The largest absolute Gasteiger partial charge is 0.504 e. The van der Waals surface area contributed by atoms with Gasteiger partial charge in [-0.2, -0.15) is 13.8 Å². The number of aliphatic imine (C=N–C) groups is 1. The number of carbonyl (C=O) groups is 1. The number of anilines is 1. The Morgan fingerprint density at radius 2 is 1.82 bits per heavy atom. The molecule has 13 heteroatoms. The Kier molecular flexibility index (Phi) is 7.28. The van der Waals surface area contributed by atoms with Crippen LogP contribution in [0.5, 0.6) is 29.0 Å². The number of hydrogen-bond donors (Lipinski definition) is 4. The zero-order valence-corrected chi connectivity index (χ0v) is 20.4. The maximum absolute atomic E-state index is 15.4. The lowest BCUT2D eigenvalue weighted by Gasteiger charge is -2.21. The summed E-state index contributed by atoms with van der Waals surface area (Å²) in [5.41, 5.74) is 5.68. The lowest BCUT2D eigenvalue weighted by Crippen LogP contribution is -2.27. The van der Waals surface area contributed by atoms with E-state index in [-0.39, 0.29) is 22.9 Å². The number of phenols is 1. The number of aromatic hydroxyl groups is 1. The van der Waals surface area contributed by atoms with Gasteiger partial charge >= 0.3 is 5.97 Å². The van der Waals surface area contributed by atoms with Crippen molar-refractivity contribution in [1.29, 1.82) is 5.41 Å². The molecule has 5 N–H and O–H groups in total. The van der Waals surface area contributed by atoms with Crippen molar-refractivity contribution in [3.05, 3.63) is 65.2 Å². The van der Waals surface area contributed by atoms with Crippen LogP contribution in [0.25, 0.3) is 0 Å². The molecule has 0 unspecified atom stereocenters. The molecule has 0 spiro atoms. The molecule has 11 nitrogen and oxygen atoms in total.